The van der Waals surface area contributed by atoms with E-state index in [-0.39, 0.29) is 25.0 Å². The minimum absolute atomic E-state index is 0.100. The second-order valence-corrected chi connectivity index (χ2v) is 5.01. The molecule has 1 N–H and O–H groups in total. The molecule has 1 aliphatic heterocycles. The predicted octanol–water partition coefficient (Wildman–Crippen LogP) is 0.941. The Kier molecular flexibility index (Phi) is 4.67. The molecule has 0 fully saturated rings. The minimum atomic E-state index is -0.531. The molecule has 2 rings (SSSR count). The van der Waals surface area contributed by atoms with Crippen LogP contribution in [0.1, 0.15) is 19.4 Å². The summed E-state index contributed by atoms with van der Waals surface area (Å²) in [6, 6.07) is 4.85. The van der Waals surface area contributed by atoms with Crippen LogP contribution in [0.4, 0.5) is 0 Å². The Bertz CT molecular complexity index is 544. The Morgan fingerprint density at radius 2 is 2.05 bits per heavy atom. The van der Waals surface area contributed by atoms with Crippen molar-refractivity contribution in [3.8, 4) is 11.5 Å². The number of likely N-dealkylation sites (N-methyl/N-ethyl adjacent to an activating group) is 1. The number of nitrogens with zero attached hydrogens (tertiary/aromatic N) is 1. The number of carbonyl (C=O) groups is 2. The van der Waals surface area contributed by atoms with Gasteiger partial charge in [0.2, 0.25) is 18.6 Å². The maximum atomic E-state index is 12.0. The van der Waals surface area contributed by atoms with E-state index in [1.54, 1.807) is 31.0 Å². The van der Waals surface area contributed by atoms with Crippen molar-refractivity contribution in [2.45, 2.75) is 26.3 Å². The van der Waals surface area contributed by atoms with Crippen molar-refractivity contribution in [2.75, 3.05) is 20.4 Å². The van der Waals surface area contributed by atoms with Crippen LogP contribution in [-0.4, -0.2) is 43.1 Å². The quantitative estimate of drug-likeness (QED) is 0.877. The van der Waals surface area contributed by atoms with Gasteiger partial charge in [-0.2, -0.15) is 0 Å². The zero-order valence-electron chi connectivity index (χ0n) is 12.5. The van der Waals surface area contributed by atoms with E-state index in [4.69, 9.17) is 9.47 Å². The van der Waals surface area contributed by atoms with Crippen LogP contribution in [0.3, 0.4) is 0 Å². The van der Waals surface area contributed by atoms with Crippen LogP contribution >= 0.6 is 0 Å². The number of hydrogen-bond acceptors (Lipinski definition) is 4. The average Bonchev–Trinajstić information content (AvgIpc) is 2.92. The lowest BCUT2D eigenvalue weighted by Gasteiger charge is -2.20. The van der Waals surface area contributed by atoms with Crippen molar-refractivity contribution < 1.29 is 19.1 Å². The monoisotopic (exact) mass is 292 g/mol. The topological polar surface area (TPSA) is 67.9 Å². The molecule has 6 nitrogen and oxygen atoms in total. The summed E-state index contributed by atoms with van der Waals surface area (Å²) in [4.78, 5) is 25.4. The summed E-state index contributed by atoms with van der Waals surface area (Å²) in [5.74, 6) is 1.04. The molecule has 114 valence electrons. The number of ether oxygens (including phenoxy) is 2. The van der Waals surface area contributed by atoms with Crippen LogP contribution in [0.2, 0.25) is 0 Å². The van der Waals surface area contributed by atoms with Crippen molar-refractivity contribution >= 4 is 11.8 Å². The first kappa shape index (κ1) is 15.2. The number of nitrogens with one attached hydrogen (secondary N) is 1. The Morgan fingerprint density at radius 1 is 1.33 bits per heavy atom. The Hall–Kier alpha value is -2.24. The van der Waals surface area contributed by atoms with Gasteiger partial charge in [0.15, 0.2) is 11.5 Å². The molecule has 0 radical (unpaired) electrons. The Morgan fingerprint density at radius 3 is 2.76 bits per heavy atom. The van der Waals surface area contributed by atoms with E-state index in [1.165, 1.54) is 0 Å². The molecule has 0 aliphatic carbocycles. The van der Waals surface area contributed by atoms with Crippen molar-refractivity contribution in [3.05, 3.63) is 23.8 Å². The zero-order chi connectivity index (χ0) is 15.4. The molecule has 1 aliphatic rings. The molecular formula is C15H20N2O4. The van der Waals surface area contributed by atoms with E-state index in [9.17, 15) is 9.59 Å². The van der Waals surface area contributed by atoms with Crippen molar-refractivity contribution in [2.24, 2.45) is 0 Å². The van der Waals surface area contributed by atoms with Gasteiger partial charge < -0.3 is 19.7 Å². The highest BCUT2D eigenvalue weighted by atomic mass is 16.7. The first-order valence-corrected chi connectivity index (χ1v) is 6.94. The van der Waals surface area contributed by atoms with Gasteiger partial charge in [-0.1, -0.05) is 6.07 Å². The fraction of sp³-hybridized carbons (Fsp3) is 0.467. The van der Waals surface area contributed by atoms with E-state index in [0.29, 0.717) is 18.0 Å². The third-order valence-electron chi connectivity index (χ3n) is 3.40. The molecule has 2 amide bonds. The molecule has 1 heterocycles. The van der Waals surface area contributed by atoms with Gasteiger partial charge in [0, 0.05) is 13.6 Å². The Labute approximate surface area is 124 Å². The van der Waals surface area contributed by atoms with Crippen molar-refractivity contribution in [3.63, 3.8) is 0 Å². The van der Waals surface area contributed by atoms with E-state index >= 15 is 0 Å². The van der Waals surface area contributed by atoms with Gasteiger partial charge in [0.05, 0.1) is 6.42 Å². The smallest absolute Gasteiger partial charge is 0.244 e. The molecule has 6 heteroatoms. The average molecular weight is 292 g/mol. The lowest BCUT2D eigenvalue weighted by Crippen LogP contribution is -2.45. The second-order valence-electron chi connectivity index (χ2n) is 5.01. The normalized spacial score (nSPS) is 13.7. The number of hydrogen-bond donors (Lipinski definition) is 1. The van der Waals surface area contributed by atoms with Gasteiger partial charge in [0.25, 0.3) is 0 Å². The molecule has 0 saturated carbocycles. The molecule has 0 aromatic heterocycles. The summed E-state index contributed by atoms with van der Waals surface area (Å²) < 4.78 is 10.5. The van der Waals surface area contributed by atoms with Crippen molar-refractivity contribution in [1.82, 2.24) is 10.2 Å². The minimum Gasteiger partial charge on any atom is -0.454 e. The van der Waals surface area contributed by atoms with Crippen LogP contribution in [0.25, 0.3) is 0 Å². The fourth-order valence-corrected chi connectivity index (χ4v) is 2.08. The number of fused-ring (bicyclic) bond motifs is 1. The maximum absolute atomic E-state index is 12.0. The number of carbonyl (C=O) groups excluding carboxylic acids is 2. The summed E-state index contributed by atoms with van der Waals surface area (Å²) in [6.07, 6.45) is 0.199. The van der Waals surface area contributed by atoms with E-state index in [0.717, 1.165) is 5.56 Å². The molecule has 1 unspecified atom stereocenters. The first-order chi connectivity index (χ1) is 10.0. The summed E-state index contributed by atoms with van der Waals surface area (Å²) in [5.41, 5.74) is 0.820. The van der Waals surface area contributed by atoms with Crippen LogP contribution in [0.5, 0.6) is 11.5 Å². The highest BCUT2D eigenvalue weighted by molar-refractivity contribution is 5.88. The summed E-state index contributed by atoms with van der Waals surface area (Å²) in [6.45, 7) is 4.40. The summed E-state index contributed by atoms with van der Waals surface area (Å²) in [5, 5.41) is 2.71. The molecule has 0 spiro atoms. The molecular weight excluding hydrogens is 272 g/mol. The molecule has 0 saturated heterocycles. The lowest BCUT2D eigenvalue weighted by atomic mass is 10.1. The summed E-state index contributed by atoms with van der Waals surface area (Å²) in [7, 11) is 1.71. The molecule has 0 bridgehead atoms. The van der Waals surface area contributed by atoms with E-state index in [1.807, 2.05) is 13.0 Å². The highest BCUT2D eigenvalue weighted by Crippen LogP contribution is 2.32. The van der Waals surface area contributed by atoms with Gasteiger partial charge in [-0.3, -0.25) is 9.59 Å². The SMILES string of the molecule is CCN(C)C(=O)C(C)NC(=O)Cc1ccc2c(c1)OCO2. The standard InChI is InChI=1S/C15H20N2O4/c1-4-17(3)15(19)10(2)16-14(18)8-11-5-6-12-13(7-11)21-9-20-12/h5-7,10H,4,8-9H2,1-3H3,(H,16,18). The highest BCUT2D eigenvalue weighted by Gasteiger charge is 2.19. The van der Waals surface area contributed by atoms with Gasteiger partial charge in [-0.15, -0.1) is 0 Å². The lowest BCUT2D eigenvalue weighted by molar-refractivity contribution is -0.134. The predicted molar refractivity (Wildman–Crippen MR) is 77.2 cm³/mol. The van der Waals surface area contributed by atoms with Gasteiger partial charge in [-0.05, 0) is 31.5 Å². The van der Waals surface area contributed by atoms with Crippen LogP contribution in [0.15, 0.2) is 18.2 Å². The fourth-order valence-electron chi connectivity index (χ4n) is 2.08. The molecule has 1 aromatic rings. The molecule has 1 atom stereocenters. The first-order valence-electron chi connectivity index (χ1n) is 6.94. The second kappa shape index (κ2) is 6.47. The third kappa shape index (κ3) is 3.65. The number of rotatable bonds is 5. The van der Waals surface area contributed by atoms with Gasteiger partial charge >= 0.3 is 0 Å². The zero-order valence-corrected chi connectivity index (χ0v) is 12.5. The van der Waals surface area contributed by atoms with Crippen LogP contribution < -0.4 is 14.8 Å². The summed E-state index contributed by atoms with van der Waals surface area (Å²) >= 11 is 0. The Balaban J connectivity index is 1.91. The molecule has 1 aromatic carbocycles. The van der Waals surface area contributed by atoms with Crippen LogP contribution in [0, 0.1) is 0 Å². The molecule has 21 heavy (non-hydrogen) atoms. The number of amides is 2. The number of benzene rings is 1. The van der Waals surface area contributed by atoms with Crippen molar-refractivity contribution in [1.29, 1.82) is 0 Å². The third-order valence-corrected chi connectivity index (χ3v) is 3.40. The van der Waals surface area contributed by atoms with E-state index < -0.39 is 6.04 Å². The van der Waals surface area contributed by atoms with Gasteiger partial charge in [0.1, 0.15) is 6.04 Å². The van der Waals surface area contributed by atoms with Gasteiger partial charge in [-0.25, -0.2) is 0 Å². The van der Waals surface area contributed by atoms with Crippen LogP contribution in [-0.2, 0) is 16.0 Å². The maximum Gasteiger partial charge on any atom is 0.244 e. The largest absolute Gasteiger partial charge is 0.454 e. The van der Waals surface area contributed by atoms with E-state index in [2.05, 4.69) is 5.32 Å².